The maximum Gasteiger partial charge on any atom is 0.265 e. The lowest BCUT2D eigenvalue weighted by atomic mass is 10.2. The molecule has 1 unspecified atom stereocenters. The number of amides is 1. The lowest BCUT2D eigenvalue weighted by molar-refractivity contribution is 0.0942. The van der Waals surface area contributed by atoms with Crippen molar-refractivity contribution in [1.82, 2.24) is 15.1 Å². The first-order chi connectivity index (χ1) is 13.0. The van der Waals surface area contributed by atoms with Crippen molar-refractivity contribution >= 4 is 31.6 Å². The number of nitrogens with zero attached hydrogens (tertiary/aromatic N) is 3. The molecule has 0 radical (unpaired) electrons. The molecule has 1 fully saturated rings. The van der Waals surface area contributed by atoms with Crippen molar-refractivity contribution < 1.29 is 21.6 Å². The molecule has 0 spiro atoms. The van der Waals surface area contributed by atoms with Crippen LogP contribution in [0, 0.1) is 6.92 Å². The van der Waals surface area contributed by atoms with E-state index in [4.69, 9.17) is 0 Å². The molecule has 0 bridgehead atoms. The monoisotopic (exact) mass is 426 g/mol. The van der Waals surface area contributed by atoms with Crippen LogP contribution in [0.25, 0.3) is 0 Å². The maximum atomic E-state index is 13.0. The Labute approximate surface area is 164 Å². The number of sulfonamides is 1. The number of hydrogen-bond acceptors (Lipinski definition) is 6. The summed E-state index contributed by atoms with van der Waals surface area (Å²) in [6.45, 7) is 1.85. The molecule has 0 aliphatic carbocycles. The van der Waals surface area contributed by atoms with Crippen LogP contribution in [-0.4, -0.2) is 57.1 Å². The van der Waals surface area contributed by atoms with Crippen LogP contribution in [0.1, 0.15) is 22.3 Å². The van der Waals surface area contributed by atoms with Crippen molar-refractivity contribution in [2.45, 2.75) is 24.3 Å². The van der Waals surface area contributed by atoms with E-state index in [1.807, 2.05) is 6.92 Å². The summed E-state index contributed by atoms with van der Waals surface area (Å²) in [6, 6.07) is 5.89. The van der Waals surface area contributed by atoms with Crippen molar-refractivity contribution in [1.29, 1.82) is 0 Å². The van der Waals surface area contributed by atoms with Gasteiger partial charge in [0.15, 0.2) is 15.7 Å². The number of hydrogen-bond donors (Lipinski definition) is 1. The van der Waals surface area contributed by atoms with Gasteiger partial charge in [-0.15, -0.1) is 0 Å². The zero-order valence-electron chi connectivity index (χ0n) is 15.8. The van der Waals surface area contributed by atoms with Crippen LogP contribution in [0.5, 0.6) is 0 Å². The van der Waals surface area contributed by atoms with Gasteiger partial charge in [0.1, 0.15) is 5.56 Å². The number of carbonyl (C=O) groups excluding carboxylic acids is 1. The largest absolute Gasteiger partial charge is 0.348 e. The Morgan fingerprint density at radius 3 is 2.50 bits per heavy atom. The highest BCUT2D eigenvalue weighted by Gasteiger charge is 2.32. The smallest absolute Gasteiger partial charge is 0.265 e. The van der Waals surface area contributed by atoms with Gasteiger partial charge in [0, 0.05) is 20.1 Å². The van der Waals surface area contributed by atoms with Crippen molar-refractivity contribution in [2.75, 3.05) is 22.9 Å². The van der Waals surface area contributed by atoms with E-state index in [9.17, 15) is 21.6 Å². The van der Waals surface area contributed by atoms with Gasteiger partial charge in [0.2, 0.25) is 0 Å². The first-order valence-corrected chi connectivity index (χ1v) is 11.9. The van der Waals surface area contributed by atoms with Gasteiger partial charge in [-0.25, -0.2) is 16.8 Å². The quantitative estimate of drug-likeness (QED) is 0.742. The Hall–Kier alpha value is -2.40. The van der Waals surface area contributed by atoms with Crippen LogP contribution in [-0.2, 0) is 26.9 Å². The highest BCUT2D eigenvalue weighted by atomic mass is 32.2. The normalized spacial score (nSPS) is 18.8. The Balaban J connectivity index is 1.89. The van der Waals surface area contributed by atoms with E-state index in [1.54, 1.807) is 12.1 Å². The molecule has 1 amide bonds. The van der Waals surface area contributed by atoms with Crippen LogP contribution >= 0.6 is 0 Å². The Morgan fingerprint density at radius 2 is 1.93 bits per heavy atom. The molecule has 1 N–H and O–H groups in total. The van der Waals surface area contributed by atoms with E-state index in [-0.39, 0.29) is 27.8 Å². The Kier molecular flexibility index (Phi) is 5.24. The van der Waals surface area contributed by atoms with Gasteiger partial charge in [-0.3, -0.25) is 13.8 Å². The molecule has 3 rings (SSSR count). The summed E-state index contributed by atoms with van der Waals surface area (Å²) in [4.78, 5) is 12.8. The summed E-state index contributed by atoms with van der Waals surface area (Å²) < 4.78 is 51.4. The second kappa shape index (κ2) is 7.21. The molecule has 1 atom stereocenters. The highest BCUT2D eigenvalue weighted by molar-refractivity contribution is 7.92. The minimum absolute atomic E-state index is 0.0273. The fraction of sp³-hybridized carbons (Fsp3) is 0.412. The van der Waals surface area contributed by atoms with Crippen LogP contribution in [0.4, 0.5) is 5.82 Å². The fourth-order valence-corrected chi connectivity index (χ4v) is 6.03. The fourth-order valence-electron chi connectivity index (χ4n) is 3.12. The van der Waals surface area contributed by atoms with Crippen LogP contribution < -0.4 is 9.62 Å². The molecule has 1 aromatic carbocycles. The van der Waals surface area contributed by atoms with Crippen molar-refractivity contribution in [3.8, 4) is 0 Å². The van der Waals surface area contributed by atoms with Crippen molar-refractivity contribution in [3.05, 3.63) is 41.6 Å². The van der Waals surface area contributed by atoms with Gasteiger partial charge in [0.25, 0.3) is 15.9 Å². The van der Waals surface area contributed by atoms with Gasteiger partial charge in [-0.1, -0.05) is 17.7 Å². The molecule has 28 heavy (non-hydrogen) atoms. The molecular formula is C17H22N4O5S2. The average Bonchev–Trinajstić information content (AvgIpc) is 3.16. The first-order valence-electron chi connectivity index (χ1n) is 8.60. The van der Waals surface area contributed by atoms with E-state index < -0.39 is 31.8 Å². The SMILES string of the molecule is Cc1ccc(S(=O)(=O)N(C)c2c(C(=O)NC3CCS(=O)(=O)C3)cnn2C)cc1. The zero-order valence-corrected chi connectivity index (χ0v) is 17.4. The molecule has 1 saturated heterocycles. The number of benzene rings is 1. The molecule has 11 heteroatoms. The van der Waals surface area contributed by atoms with Crippen molar-refractivity contribution in [3.63, 3.8) is 0 Å². The van der Waals surface area contributed by atoms with E-state index in [1.165, 1.54) is 37.1 Å². The predicted molar refractivity (Wildman–Crippen MR) is 105 cm³/mol. The van der Waals surface area contributed by atoms with E-state index >= 15 is 0 Å². The number of aromatic nitrogens is 2. The molecular weight excluding hydrogens is 404 g/mol. The van der Waals surface area contributed by atoms with Crippen molar-refractivity contribution in [2.24, 2.45) is 7.05 Å². The number of carbonyl (C=O) groups is 1. The predicted octanol–water partition coefficient (Wildman–Crippen LogP) is 0.471. The Morgan fingerprint density at radius 1 is 1.29 bits per heavy atom. The summed E-state index contributed by atoms with van der Waals surface area (Å²) in [6.07, 6.45) is 1.61. The Bertz CT molecular complexity index is 1100. The lowest BCUT2D eigenvalue weighted by Crippen LogP contribution is -2.37. The summed E-state index contributed by atoms with van der Waals surface area (Å²) in [5.41, 5.74) is 0.985. The zero-order chi connectivity index (χ0) is 20.7. The summed E-state index contributed by atoms with van der Waals surface area (Å²) in [5.74, 6) is -0.555. The molecule has 152 valence electrons. The van der Waals surface area contributed by atoms with E-state index in [0.29, 0.717) is 6.42 Å². The second-order valence-electron chi connectivity index (χ2n) is 6.86. The van der Waals surface area contributed by atoms with Crippen LogP contribution in [0.2, 0.25) is 0 Å². The number of rotatable bonds is 5. The minimum Gasteiger partial charge on any atom is -0.348 e. The molecule has 1 aliphatic heterocycles. The minimum atomic E-state index is -3.91. The van der Waals surface area contributed by atoms with Gasteiger partial charge >= 0.3 is 0 Å². The molecule has 2 aromatic rings. The third kappa shape index (κ3) is 3.90. The molecule has 1 aliphatic rings. The molecule has 9 nitrogen and oxygen atoms in total. The third-order valence-corrected chi connectivity index (χ3v) is 8.23. The van der Waals surface area contributed by atoms with Gasteiger partial charge < -0.3 is 5.32 Å². The topological polar surface area (TPSA) is 118 Å². The molecule has 0 saturated carbocycles. The highest BCUT2D eigenvalue weighted by Crippen LogP contribution is 2.26. The summed E-state index contributed by atoms with van der Waals surface area (Å²) >= 11 is 0. The van der Waals surface area contributed by atoms with Gasteiger partial charge in [0.05, 0.1) is 22.6 Å². The molecule has 2 heterocycles. The van der Waals surface area contributed by atoms with E-state index in [2.05, 4.69) is 10.4 Å². The number of aryl methyl sites for hydroxylation is 2. The first kappa shape index (κ1) is 20.3. The summed E-state index contributed by atoms with van der Waals surface area (Å²) in [7, 11) is -4.17. The van der Waals surface area contributed by atoms with Crippen LogP contribution in [0.3, 0.4) is 0 Å². The van der Waals surface area contributed by atoms with Gasteiger partial charge in [-0.05, 0) is 25.5 Å². The average molecular weight is 427 g/mol. The molecule has 1 aromatic heterocycles. The maximum absolute atomic E-state index is 13.0. The lowest BCUT2D eigenvalue weighted by Gasteiger charge is -2.21. The second-order valence-corrected chi connectivity index (χ2v) is 11.1. The number of sulfone groups is 1. The number of anilines is 1. The summed E-state index contributed by atoms with van der Waals surface area (Å²) in [5, 5.41) is 6.68. The number of nitrogens with one attached hydrogen (secondary N) is 1. The van der Waals surface area contributed by atoms with Crippen LogP contribution in [0.15, 0.2) is 35.4 Å². The third-order valence-electron chi connectivity index (χ3n) is 4.70. The van der Waals surface area contributed by atoms with E-state index in [0.717, 1.165) is 9.87 Å². The standard InChI is InChI=1S/C17H22N4O5S2/c1-12-4-6-14(7-5-12)28(25,26)21(3)17-15(10-18-20(17)2)16(22)19-13-8-9-27(23,24)11-13/h4-7,10,13H,8-9,11H2,1-3H3,(H,19,22). The van der Waals surface area contributed by atoms with Gasteiger partial charge in [-0.2, -0.15) is 5.10 Å².